The number of hydrogen-bond donors (Lipinski definition) is 2. The largest absolute Gasteiger partial charge is 0.478 e. The molecule has 1 aliphatic carbocycles. The quantitative estimate of drug-likeness (QED) is 0.297. The third kappa shape index (κ3) is 8.21. The third-order valence-corrected chi connectivity index (χ3v) is 5.07. The van der Waals surface area contributed by atoms with Crippen LogP contribution in [0.5, 0.6) is 5.88 Å². The van der Waals surface area contributed by atoms with Crippen LogP contribution in [0.25, 0.3) is 0 Å². The van der Waals surface area contributed by atoms with Gasteiger partial charge >= 0.3 is 0 Å². The number of rotatable bonds is 10. The highest BCUT2D eigenvalue weighted by Gasteiger charge is 2.33. The van der Waals surface area contributed by atoms with Gasteiger partial charge in [0.1, 0.15) is 0 Å². The van der Waals surface area contributed by atoms with Gasteiger partial charge in [0, 0.05) is 46.1 Å². The van der Waals surface area contributed by atoms with Crippen molar-refractivity contribution in [3.63, 3.8) is 0 Å². The number of pyridine rings is 1. The molecule has 0 atom stereocenters. The van der Waals surface area contributed by atoms with Gasteiger partial charge in [-0.3, -0.25) is 4.99 Å². The second kappa shape index (κ2) is 13.1. The predicted octanol–water partition coefficient (Wildman–Crippen LogP) is 3.75. The van der Waals surface area contributed by atoms with Crippen molar-refractivity contribution >= 4 is 29.9 Å². The van der Waals surface area contributed by atoms with Crippen molar-refractivity contribution in [1.82, 2.24) is 15.6 Å². The van der Waals surface area contributed by atoms with E-state index in [1.54, 1.807) is 7.11 Å². The average molecular weight is 490 g/mol. The number of aliphatic imine (C=N–C) groups is 1. The summed E-state index contributed by atoms with van der Waals surface area (Å²) in [6, 6.07) is 3.95. The molecule has 0 spiro atoms. The molecular formula is C20H35IN4O2. The number of nitrogens with one attached hydrogen (secondary N) is 2. The first-order valence-corrected chi connectivity index (χ1v) is 9.72. The topological polar surface area (TPSA) is 67.8 Å². The Morgan fingerprint density at radius 1 is 1.22 bits per heavy atom. The zero-order chi connectivity index (χ0) is 18.7. The molecule has 7 heteroatoms. The minimum Gasteiger partial charge on any atom is -0.478 e. The third-order valence-electron chi connectivity index (χ3n) is 5.07. The van der Waals surface area contributed by atoms with E-state index in [1.165, 1.54) is 25.7 Å². The lowest BCUT2D eigenvalue weighted by Crippen LogP contribution is -2.43. The van der Waals surface area contributed by atoms with E-state index in [9.17, 15) is 0 Å². The summed E-state index contributed by atoms with van der Waals surface area (Å²) in [7, 11) is 3.59. The first-order valence-electron chi connectivity index (χ1n) is 9.72. The maximum atomic E-state index is 5.52. The zero-order valence-corrected chi connectivity index (χ0v) is 19.3. The molecule has 0 aromatic carbocycles. The Hall–Kier alpha value is -1.09. The van der Waals surface area contributed by atoms with Gasteiger partial charge in [-0.2, -0.15) is 0 Å². The molecule has 1 aromatic rings. The van der Waals surface area contributed by atoms with E-state index < -0.39 is 0 Å². The van der Waals surface area contributed by atoms with E-state index in [0.29, 0.717) is 24.4 Å². The Bertz CT molecular complexity index is 545. The van der Waals surface area contributed by atoms with Crippen LogP contribution in [0.4, 0.5) is 0 Å². The van der Waals surface area contributed by atoms with Gasteiger partial charge in [-0.25, -0.2) is 4.98 Å². The highest BCUT2D eigenvalue weighted by molar-refractivity contribution is 14.0. The van der Waals surface area contributed by atoms with Crippen LogP contribution < -0.4 is 15.4 Å². The molecule has 2 rings (SSSR count). The van der Waals surface area contributed by atoms with Crippen LogP contribution in [0.15, 0.2) is 23.3 Å². The van der Waals surface area contributed by atoms with Crippen molar-refractivity contribution in [1.29, 1.82) is 0 Å². The van der Waals surface area contributed by atoms with Gasteiger partial charge in [-0.15, -0.1) is 24.0 Å². The molecule has 6 nitrogen and oxygen atoms in total. The summed E-state index contributed by atoms with van der Waals surface area (Å²) in [4.78, 5) is 8.69. The zero-order valence-electron chi connectivity index (χ0n) is 16.9. The lowest BCUT2D eigenvalue weighted by Gasteiger charge is -2.30. The average Bonchev–Trinajstić information content (AvgIpc) is 3.15. The highest BCUT2D eigenvalue weighted by Crippen LogP contribution is 2.40. The summed E-state index contributed by atoms with van der Waals surface area (Å²) in [5.41, 5.74) is 1.44. The molecule has 1 aromatic heterocycles. The molecule has 1 heterocycles. The monoisotopic (exact) mass is 490 g/mol. The fourth-order valence-electron chi connectivity index (χ4n) is 3.44. The Labute approximate surface area is 180 Å². The number of methoxy groups -OCH3 is 1. The molecule has 0 unspecified atom stereocenters. The minimum atomic E-state index is 0. The second-order valence-corrected chi connectivity index (χ2v) is 7.08. The van der Waals surface area contributed by atoms with Crippen LogP contribution in [0.2, 0.25) is 0 Å². The van der Waals surface area contributed by atoms with E-state index in [0.717, 1.165) is 37.5 Å². The fraction of sp³-hybridized carbons (Fsp3) is 0.700. The van der Waals surface area contributed by atoms with Crippen molar-refractivity contribution in [2.45, 2.75) is 52.0 Å². The Kier molecular flexibility index (Phi) is 11.7. The van der Waals surface area contributed by atoms with Crippen molar-refractivity contribution in [3.8, 4) is 5.88 Å². The summed E-state index contributed by atoms with van der Waals surface area (Å²) in [6.45, 7) is 5.24. The molecule has 1 fully saturated rings. The first kappa shape index (κ1) is 23.9. The van der Waals surface area contributed by atoms with Gasteiger partial charge < -0.3 is 20.1 Å². The van der Waals surface area contributed by atoms with Crippen molar-refractivity contribution in [2.24, 2.45) is 10.4 Å². The van der Waals surface area contributed by atoms with E-state index >= 15 is 0 Å². The molecule has 1 saturated carbocycles. The molecule has 154 valence electrons. The van der Waals surface area contributed by atoms with Gasteiger partial charge in [0.15, 0.2) is 5.96 Å². The van der Waals surface area contributed by atoms with Crippen molar-refractivity contribution in [2.75, 3.05) is 33.9 Å². The predicted molar refractivity (Wildman–Crippen MR) is 121 cm³/mol. The molecule has 0 saturated heterocycles. The van der Waals surface area contributed by atoms with Gasteiger partial charge in [-0.05, 0) is 36.7 Å². The van der Waals surface area contributed by atoms with Crippen LogP contribution in [-0.4, -0.2) is 44.9 Å². The fourth-order valence-corrected chi connectivity index (χ4v) is 3.44. The van der Waals surface area contributed by atoms with Crippen LogP contribution in [-0.2, 0) is 11.3 Å². The van der Waals surface area contributed by atoms with Gasteiger partial charge in [0.25, 0.3) is 0 Å². The van der Waals surface area contributed by atoms with E-state index in [4.69, 9.17) is 9.47 Å². The number of hydrogen-bond acceptors (Lipinski definition) is 4. The van der Waals surface area contributed by atoms with Crippen LogP contribution in [0, 0.1) is 5.41 Å². The number of halogens is 1. The molecule has 1 aliphatic rings. The van der Waals surface area contributed by atoms with Crippen molar-refractivity contribution in [3.05, 3.63) is 23.9 Å². The number of ether oxygens (including phenoxy) is 2. The summed E-state index contributed by atoms with van der Waals surface area (Å²) in [6.07, 6.45) is 9.11. The maximum Gasteiger partial charge on any atom is 0.213 e. The summed E-state index contributed by atoms with van der Waals surface area (Å²) in [5, 5.41) is 6.88. The van der Waals surface area contributed by atoms with Gasteiger partial charge in [0.2, 0.25) is 5.88 Å². The number of nitrogens with zero attached hydrogens (tertiary/aromatic N) is 2. The molecule has 0 bridgehead atoms. The maximum absolute atomic E-state index is 5.52. The molecule has 2 N–H and O–H groups in total. The summed E-state index contributed by atoms with van der Waals surface area (Å²) >= 11 is 0. The second-order valence-electron chi connectivity index (χ2n) is 7.08. The highest BCUT2D eigenvalue weighted by atomic mass is 127. The lowest BCUT2D eigenvalue weighted by molar-refractivity contribution is 0.138. The Morgan fingerprint density at radius 3 is 2.59 bits per heavy atom. The normalized spacial score (nSPS) is 15.9. The van der Waals surface area contributed by atoms with Crippen molar-refractivity contribution < 1.29 is 9.47 Å². The van der Waals surface area contributed by atoms with E-state index in [2.05, 4.69) is 27.5 Å². The van der Waals surface area contributed by atoms with E-state index in [1.807, 2.05) is 25.4 Å². The number of aromatic nitrogens is 1. The van der Waals surface area contributed by atoms with E-state index in [-0.39, 0.29) is 24.0 Å². The molecular weight excluding hydrogens is 455 g/mol. The molecule has 0 aliphatic heterocycles. The molecule has 27 heavy (non-hydrogen) atoms. The van der Waals surface area contributed by atoms with Crippen LogP contribution >= 0.6 is 24.0 Å². The van der Waals surface area contributed by atoms with Crippen LogP contribution in [0.3, 0.4) is 0 Å². The summed E-state index contributed by atoms with van der Waals surface area (Å²) < 4.78 is 10.8. The standard InChI is InChI=1S/C20H34N4O2.HI/c1-4-12-26-18-8-7-17(14-22-18)15-23-19(21-2)24-16-20(11-13-25-3)9-5-6-10-20;/h7-8,14H,4-6,9-13,15-16H2,1-3H3,(H2,21,23,24);1H. The molecule has 0 radical (unpaired) electrons. The van der Waals surface area contributed by atoms with Gasteiger partial charge in [-0.1, -0.05) is 25.8 Å². The smallest absolute Gasteiger partial charge is 0.213 e. The van der Waals surface area contributed by atoms with Gasteiger partial charge in [0.05, 0.1) is 6.61 Å². The van der Waals surface area contributed by atoms with Crippen LogP contribution in [0.1, 0.15) is 51.0 Å². The Morgan fingerprint density at radius 2 is 2.00 bits per heavy atom. The molecule has 0 amide bonds. The number of guanidine groups is 1. The minimum absolute atomic E-state index is 0. The first-order chi connectivity index (χ1) is 12.7. The Balaban J connectivity index is 0.00000364. The lowest BCUT2D eigenvalue weighted by atomic mass is 9.83. The SMILES string of the molecule is CCCOc1ccc(CNC(=NC)NCC2(CCOC)CCCC2)cn1.I. The summed E-state index contributed by atoms with van der Waals surface area (Å²) in [5.74, 6) is 1.51.